The molecule has 0 aromatic heterocycles. The molecule has 1 aromatic carbocycles. The van der Waals surface area contributed by atoms with E-state index in [1.54, 1.807) is 21.3 Å². The molecule has 1 fully saturated rings. The van der Waals surface area contributed by atoms with Crippen LogP contribution in [0.5, 0.6) is 0 Å². The van der Waals surface area contributed by atoms with Crippen molar-refractivity contribution in [3.8, 4) is 0 Å². The van der Waals surface area contributed by atoms with E-state index in [0.29, 0.717) is 43.4 Å². The van der Waals surface area contributed by atoms with Gasteiger partial charge in [-0.2, -0.15) is 4.31 Å². The summed E-state index contributed by atoms with van der Waals surface area (Å²) in [5, 5.41) is 9.48. The minimum absolute atomic E-state index is 0.286. The highest BCUT2D eigenvalue weighted by Crippen LogP contribution is 2.32. The van der Waals surface area contributed by atoms with Crippen molar-refractivity contribution in [3.05, 3.63) is 29.3 Å². The molecule has 1 aliphatic carbocycles. The van der Waals surface area contributed by atoms with Crippen molar-refractivity contribution in [2.45, 2.75) is 57.1 Å². The minimum atomic E-state index is -3.48. The smallest absolute Gasteiger partial charge is 0.251 e. The summed E-state index contributed by atoms with van der Waals surface area (Å²) in [6.07, 6.45) is 2.63. The zero-order valence-electron chi connectivity index (χ0n) is 15.5. The number of nitrogens with zero attached hydrogens (tertiary/aromatic N) is 2. The molecule has 6 nitrogen and oxygen atoms in total. The normalized spacial score (nSPS) is 18.7. The van der Waals surface area contributed by atoms with Crippen LogP contribution in [0.25, 0.3) is 0 Å². The summed E-state index contributed by atoms with van der Waals surface area (Å²) < 4.78 is 27.7. The summed E-state index contributed by atoms with van der Waals surface area (Å²) in [5.41, 5.74) is 1.93. The molecule has 0 spiro atoms. The SMILES string of the molecule is CCCN(CC1CC1)S(=O)(=O)c1ccc2c(c1)CCN(C(=O)[C@H](C)O)C2. The Bertz CT molecular complexity index is 772. The van der Waals surface area contributed by atoms with Crippen molar-refractivity contribution in [1.82, 2.24) is 9.21 Å². The molecular formula is C19H28N2O4S. The highest BCUT2D eigenvalue weighted by atomic mass is 32.2. The molecular weight excluding hydrogens is 352 g/mol. The number of hydrogen-bond acceptors (Lipinski definition) is 4. The Morgan fingerprint density at radius 3 is 2.69 bits per heavy atom. The first-order valence-electron chi connectivity index (χ1n) is 9.41. The van der Waals surface area contributed by atoms with Crippen LogP contribution in [0.3, 0.4) is 0 Å². The van der Waals surface area contributed by atoms with E-state index >= 15 is 0 Å². The molecule has 1 aromatic rings. The first-order chi connectivity index (χ1) is 12.3. The van der Waals surface area contributed by atoms with Crippen LogP contribution in [0.1, 0.15) is 44.2 Å². The third kappa shape index (κ3) is 4.10. The van der Waals surface area contributed by atoms with Gasteiger partial charge in [-0.3, -0.25) is 4.79 Å². The molecule has 2 aliphatic rings. The van der Waals surface area contributed by atoms with Crippen LogP contribution in [0.2, 0.25) is 0 Å². The molecule has 1 saturated carbocycles. The van der Waals surface area contributed by atoms with Gasteiger partial charge in [-0.15, -0.1) is 0 Å². The Kier molecular flexibility index (Phi) is 5.69. The Balaban J connectivity index is 1.81. The number of hydrogen-bond donors (Lipinski definition) is 1. The highest BCUT2D eigenvalue weighted by Gasteiger charge is 2.32. The Morgan fingerprint density at radius 1 is 1.35 bits per heavy atom. The Hall–Kier alpha value is -1.44. The molecule has 26 heavy (non-hydrogen) atoms. The van der Waals surface area contributed by atoms with E-state index in [0.717, 1.165) is 30.4 Å². The van der Waals surface area contributed by atoms with Crippen LogP contribution in [0.4, 0.5) is 0 Å². The van der Waals surface area contributed by atoms with Gasteiger partial charge in [-0.1, -0.05) is 13.0 Å². The monoisotopic (exact) mass is 380 g/mol. The molecule has 0 bridgehead atoms. The van der Waals surface area contributed by atoms with Crippen molar-refractivity contribution in [3.63, 3.8) is 0 Å². The van der Waals surface area contributed by atoms with Crippen molar-refractivity contribution in [2.75, 3.05) is 19.6 Å². The van der Waals surface area contributed by atoms with Crippen LogP contribution in [0, 0.1) is 5.92 Å². The first-order valence-corrected chi connectivity index (χ1v) is 10.9. The van der Waals surface area contributed by atoms with Gasteiger partial charge in [0, 0.05) is 26.2 Å². The lowest BCUT2D eigenvalue weighted by Gasteiger charge is -2.30. The number of fused-ring (bicyclic) bond motifs is 1. The zero-order chi connectivity index (χ0) is 18.9. The van der Waals surface area contributed by atoms with E-state index in [2.05, 4.69) is 0 Å². The maximum atomic E-state index is 13.1. The van der Waals surface area contributed by atoms with Gasteiger partial charge in [-0.25, -0.2) is 8.42 Å². The average Bonchev–Trinajstić information content (AvgIpc) is 3.43. The molecule has 0 saturated heterocycles. The second-order valence-corrected chi connectivity index (χ2v) is 9.36. The lowest BCUT2D eigenvalue weighted by Crippen LogP contribution is -2.41. The van der Waals surface area contributed by atoms with Gasteiger partial charge < -0.3 is 10.0 Å². The molecule has 1 amide bonds. The van der Waals surface area contributed by atoms with Gasteiger partial charge in [-0.05, 0) is 61.8 Å². The second-order valence-electron chi connectivity index (χ2n) is 7.42. The number of sulfonamides is 1. The first kappa shape index (κ1) is 19.3. The largest absolute Gasteiger partial charge is 0.384 e. The lowest BCUT2D eigenvalue weighted by atomic mass is 9.99. The highest BCUT2D eigenvalue weighted by molar-refractivity contribution is 7.89. The fraction of sp³-hybridized carbons (Fsp3) is 0.632. The van der Waals surface area contributed by atoms with Gasteiger partial charge in [0.15, 0.2) is 0 Å². The Morgan fingerprint density at radius 2 is 2.08 bits per heavy atom. The third-order valence-corrected chi connectivity index (χ3v) is 6.99. The van der Waals surface area contributed by atoms with E-state index < -0.39 is 16.1 Å². The summed E-state index contributed by atoms with van der Waals surface area (Å²) in [6.45, 7) is 5.55. The van der Waals surface area contributed by atoms with Crippen molar-refractivity contribution >= 4 is 15.9 Å². The van der Waals surface area contributed by atoms with Gasteiger partial charge in [0.05, 0.1) is 4.90 Å². The molecule has 0 unspecified atom stereocenters. The molecule has 1 heterocycles. The summed E-state index contributed by atoms with van der Waals surface area (Å²) in [6, 6.07) is 5.23. The lowest BCUT2D eigenvalue weighted by molar-refractivity contribution is -0.140. The van der Waals surface area contributed by atoms with Crippen LogP contribution >= 0.6 is 0 Å². The summed E-state index contributed by atoms with van der Waals surface area (Å²) in [4.78, 5) is 13.9. The molecule has 3 rings (SSSR count). The van der Waals surface area contributed by atoms with E-state index in [1.807, 2.05) is 13.0 Å². The van der Waals surface area contributed by atoms with E-state index in [4.69, 9.17) is 0 Å². The van der Waals surface area contributed by atoms with Crippen molar-refractivity contribution in [2.24, 2.45) is 5.92 Å². The fourth-order valence-electron chi connectivity index (χ4n) is 3.44. The number of rotatable bonds is 7. The van der Waals surface area contributed by atoms with Gasteiger partial charge in [0.2, 0.25) is 10.0 Å². The average molecular weight is 381 g/mol. The van der Waals surface area contributed by atoms with Crippen LogP contribution in [0.15, 0.2) is 23.1 Å². The van der Waals surface area contributed by atoms with Gasteiger partial charge in [0.1, 0.15) is 6.10 Å². The molecule has 1 atom stereocenters. The third-order valence-electron chi connectivity index (χ3n) is 5.13. The molecule has 1 aliphatic heterocycles. The second kappa shape index (κ2) is 7.66. The maximum absolute atomic E-state index is 13.1. The van der Waals surface area contributed by atoms with Crippen LogP contribution < -0.4 is 0 Å². The molecule has 7 heteroatoms. The number of carbonyl (C=O) groups is 1. The number of aliphatic hydroxyl groups is 1. The Labute approximate surface area is 155 Å². The summed E-state index contributed by atoms with van der Waals surface area (Å²) >= 11 is 0. The number of amides is 1. The number of benzene rings is 1. The standard InChI is InChI=1S/C19H28N2O4S/c1-3-9-21(12-15-4-5-15)26(24,25)18-7-6-17-13-20(19(23)14(2)22)10-8-16(17)11-18/h6-7,11,14-15,22H,3-5,8-10,12-13H2,1-2H3/t14-/m0/s1. The summed E-state index contributed by atoms with van der Waals surface area (Å²) in [5.74, 6) is 0.222. The predicted octanol–water partition coefficient (Wildman–Crippen LogP) is 1.76. The predicted molar refractivity (Wildman–Crippen MR) is 99.0 cm³/mol. The topological polar surface area (TPSA) is 77.9 Å². The van der Waals surface area contributed by atoms with Crippen molar-refractivity contribution in [1.29, 1.82) is 0 Å². The molecule has 1 N–H and O–H groups in total. The van der Waals surface area contributed by atoms with Gasteiger partial charge >= 0.3 is 0 Å². The summed E-state index contributed by atoms with van der Waals surface area (Å²) in [7, 11) is -3.48. The fourth-order valence-corrected chi connectivity index (χ4v) is 5.10. The maximum Gasteiger partial charge on any atom is 0.251 e. The van der Waals surface area contributed by atoms with Crippen LogP contribution in [-0.2, 0) is 27.8 Å². The quantitative estimate of drug-likeness (QED) is 0.782. The molecule has 144 valence electrons. The van der Waals surface area contributed by atoms with E-state index in [1.165, 1.54) is 6.92 Å². The number of carbonyl (C=O) groups excluding carboxylic acids is 1. The van der Waals surface area contributed by atoms with E-state index in [-0.39, 0.29) is 5.91 Å². The zero-order valence-corrected chi connectivity index (χ0v) is 16.3. The van der Waals surface area contributed by atoms with Crippen LogP contribution in [-0.4, -0.2) is 54.4 Å². The van der Waals surface area contributed by atoms with Crippen molar-refractivity contribution < 1.29 is 18.3 Å². The van der Waals surface area contributed by atoms with E-state index in [9.17, 15) is 18.3 Å². The molecule has 0 radical (unpaired) electrons. The minimum Gasteiger partial charge on any atom is -0.384 e. The van der Waals surface area contributed by atoms with Gasteiger partial charge in [0.25, 0.3) is 5.91 Å². The number of aliphatic hydroxyl groups excluding tert-OH is 1.